The Bertz CT molecular complexity index is 788. The molecule has 0 spiro atoms. The van der Waals surface area contributed by atoms with Crippen LogP contribution in [0.3, 0.4) is 0 Å². The molecule has 0 unspecified atom stereocenters. The van der Waals surface area contributed by atoms with Crippen LogP contribution in [0.5, 0.6) is 0 Å². The van der Waals surface area contributed by atoms with Crippen molar-refractivity contribution in [2.45, 2.75) is 9.59 Å². The van der Waals surface area contributed by atoms with Gasteiger partial charge in [-0.05, 0) is 12.1 Å². The van der Waals surface area contributed by atoms with Gasteiger partial charge in [-0.15, -0.1) is 10.2 Å². The largest absolute Gasteiger partial charge is 0.468 e. The number of fused-ring (bicyclic) bond motifs is 1. The maximum atomic E-state index is 12.4. The van der Waals surface area contributed by atoms with Gasteiger partial charge in [0.1, 0.15) is 5.25 Å². The predicted molar refractivity (Wildman–Crippen MR) is 87.8 cm³/mol. The topological polar surface area (TPSA) is 115 Å². The van der Waals surface area contributed by atoms with Crippen molar-refractivity contribution in [1.82, 2.24) is 15.1 Å². The monoisotopic (exact) mass is 364 g/mol. The Balaban J connectivity index is 1.82. The molecule has 1 aromatic carbocycles. The molecule has 0 saturated carbocycles. The molecular weight excluding hydrogens is 352 g/mol. The fourth-order valence-corrected chi connectivity index (χ4v) is 4.14. The maximum absolute atomic E-state index is 12.4. The highest BCUT2D eigenvalue weighted by Crippen LogP contribution is 2.31. The number of esters is 1. The molecular formula is C14H12N4O4S2. The summed E-state index contributed by atoms with van der Waals surface area (Å²) in [6.07, 6.45) is 0. The molecule has 0 aliphatic carbocycles. The van der Waals surface area contributed by atoms with E-state index in [0.29, 0.717) is 15.5 Å². The normalized spacial score (nSPS) is 14.6. The third-order valence-corrected chi connectivity index (χ3v) is 5.35. The number of aromatic nitrogens is 2. The number of hydrogen-bond acceptors (Lipinski definition) is 9. The van der Waals surface area contributed by atoms with E-state index in [1.165, 1.54) is 7.11 Å². The molecule has 2 heterocycles. The van der Waals surface area contributed by atoms with Crippen LogP contribution in [0.1, 0.15) is 20.7 Å². The molecule has 1 aliphatic heterocycles. The number of anilines is 1. The van der Waals surface area contributed by atoms with E-state index in [4.69, 9.17) is 10.5 Å². The number of nitrogens with two attached hydrogens (primary N) is 1. The van der Waals surface area contributed by atoms with Crippen LogP contribution < -0.4 is 5.73 Å². The first-order valence-electron chi connectivity index (χ1n) is 6.80. The molecule has 1 aromatic heterocycles. The third-order valence-electron chi connectivity index (χ3n) is 3.36. The number of amides is 2. The summed E-state index contributed by atoms with van der Waals surface area (Å²) < 4.78 is 5.22. The van der Waals surface area contributed by atoms with E-state index in [-0.39, 0.29) is 11.7 Å². The minimum absolute atomic E-state index is 0.122. The van der Waals surface area contributed by atoms with E-state index >= 15 is 0 Å². The fourth-order valence-electron chi connectivity index (χ4n) is 2.25. The van der Waals surface area contributed by atoms with Gasteiger partial charge in [0.05, 0.1) is 24.8 Å². The quantitative estimate of drug-likeness (QED) is 0.475. The molecule has 124 valence electrons. The Hall–Kier alpha value is -2.46. The number of nitrogen functional groups attached to an aromatic ring is 1. The molecule has 1 aliphatic rings. The smallest absolute Gasteiger partial charge is 0.321 e. The minimum Gasteiger partial charge on any atom is -0.468 e. The predicted octanol–water partition coefficient (Wildman–Crippen LogP) is 1.05. The number of thioether (sulfide) groups is 1. The van der Waals surface area contributed by atoms with Crippen LogP contribution in [0.25, 0.3) is 0 Å². The maximum Gasteiger partial charge on any atom is 0.321 e. The van der Waals surface area contributed by atoms with Crippen molar-refractivity contribution in [3.8, 4) is 0 Å². The summed E-state index contributed by atoms with van der Waals surface area (Å²) in [5.41, 5.74) is 6.18. The summed E-state index contributed by atoms with van der Waals surface area (Å²) in [5, 5.41) is 6.96. The average Bonchev–Trinajstić information content (AvgIpc) is 3.10. The van der Waals surface area contributed by atoms with Crippen LogP contribution in [0.2, 0.25) is 0 Å². The van der Waals surface area contributed by atoms with Crippen molar-refractivity contribution in [2.75, 3.05) is 19.4 Å². The number of nitrogens with zero attached hydrogens (tertiary/aromatic N) is 3. The average molecular weight is 364 g/mol. The lowest BCUT2D eigenvalue weighted by molar-refractivity contribution is -0.140. The Kier molecular flexibility index (Phi) is 4.49. The first kappa shape index (κ1) is 16.4. The van der Waals surface area contributed by atoms with Crippen LogP contribution in [-0.4, -0.2) is 51.8 Å². The molecule has 10 heteroatoms. The molecule has 0 bridgehead atoms. The molecule has 3 rings (SSSR count). The molecule has 0 saturated heterocycles. The number of carbonyl (C=O) groups is 3. The van der Waals surface area contributed by atoms with Gasteiger partial charge in [-0.25, -0.2) is 0 Å². The lowest BCUT2D eigenvalue weighted by Crippen LogP contribution is -2.39. The lowest BCUT2D eigenvalue weighted by Gasteiger charge is -2.19. The van der Waals surface area contributed by atoms with Gasteiger partial charge in [0.2, 0.25) is 5.13 Å². The summed E-state index contributed by atoms with van der Waals surface area (Å²) in [7, 11) is 1.24. The van der Waals surface area contributed by atoms with Gasteiger partial charge >= 0.3 is 5.97 Å². The third kappa shape index (κ3) is 2.97. The molecule has 1 atom stereocenters. The summed E-state index contributed by atoms with van der Waals surface area (Å²) in [4.78, 5) is 37.9. The van der Waals surface area contributed by atoms with Gasteiger partial charge in [-0.2, -0.15) is 0 Å². The second kappa shape index (κ2) is 6.57. The van der Waals surface area contributed by atoms with Crippen LogP contribution >= 0.6 is 23.1 Å². The molecule has 2 aromatic rings. The van der Waals surface area contributed by atoms with Crippen molar-refractivity contribution in [2.24, 2.45) is 0 Å². The minimum atomic E-state index is -0.815. The van der Waals surface area contributed by atoms with Crippen LogP contribution in [-0.2, 0) is 9.53 Å². The fraction of sp³-hybridized carbons (Fsp3) is 0.214. The van der Waals surface area contributed by atoms with E-state index < -0.39 is 23.0 Å². The molecule has 0 fully saturated rings. The highest BCUT2D eigenvalue weighted by molar-refractivity contribution is 8.02. The van der Waals surface area contributed by atoms with Crippen molar-refractivity contribution in [3.63, 3.8) is 0 Å². The number of carbonyl (C=O) groups excluding carboxylic acids is 3. The Morgan fingerprint density at radius 3 is 2.42 bits per heavy atom. The van der Waals surface area contributed by atoms with Gasteiger partial charge in [0.25, 0.3) is 11.8 Å². The van der Waals surface area contributed by atoms with Crippen molar-refractivity contribution >= 4 is 46.0 Å². The molecule has 24 heavy (non-hydrogen) atoms. The molecule has 0 radical (unpaired) electrons. The van der Waals surface area contributed by atoms with Crippen LogP contribution in [0.15, 0.2) is 28.6 Å². The number of hydrogen-bond donors (Lipinski definition) is 1. The van der Waals surface area contributed by atoms with Gasteiger partial charge in [-0.1, -0.05) is 35.2 Å². The highest BCUT2D eigenvalue weighted by atomic mass is 32.2. The van der Waals surface area contributed by atoms with Crippen molar-refractivity contribution < 1.29 is 19.1 Å². The number of imide groups is 1. The number of rotatable bonds is 5. The zero-order valence-corrected chi connectivity index (χ0v) is 14.1. The van der Waals surface area contributed by atoms with Crippen LogP contribution in [0.4, 0.5) is 5.13 Å². The first-order chi connectivity index (χ1) is 11.5. The standard InChI is InChI=1S/C14H12N4O4S2/c1-22-12(21)9(23-14-17-16-13(15)24-14)6-18-10(19)7-4-2-3-5-8(7)11(18)20/h2-5,9H,6H2,1H3,(H2,15,16)/t9-/m0/s1. The highest BCUT2D eigenvalue weighted by Gasteiger charge is 2.38. The molecule has 8 nitrogen and oxygen atoms in total. The van der Waals surface area contributed by atoms with E-state index in [2.05, 4.69) is 10.2 Å². The molecule has 2 amide bonds. The van der Waals surface area contributed by atoms with E-state index in [0.717, 1.165) is 28.0 Å². The number of benzene rings is 1. The second-order valence-electron chi connectivity index (χ2n) is 4.80. The van der Waals surface area contributed by atoms with Crippen molar-refractivity contribution in [1.29, 1.82) is 0 Å². The first-order valence-corrected chi connectivity index (χ1v) is 8.49. The summed E-state index contributed by atoms with van der Waals surface area (Å²) in [6.45, 7) is -0.122. The van der Waals surface area contributed by atoms with E-state index in [9.17, 15) is 14.4 Å². The van der Waals surface area contributed by atoms with Crippen molar-refractivity contribution in [3.05, 3.63) is 35.4 Å². The summed E-state index contributed by atoms with van der Waals surface area (Å²) >= 11 is 2.17. The van der Waals surface area contributed by atoms with Gasteiger partial charge in [0, 0.05) is 0 Å². The Morgan fingerprint density at radius 2 is 1.92 bits per heavy atom. The van der Waals surface area contributed by atoms with Gasteiger partial charge in [0.15, 0.2) is 4.34 Å². The lowest BCUT2D eigenvalue weighted by atomic mass is 10.1. The molecule has 2 N–H and O–H groups in total. The zero-order valence-electron chi connectivity index (χ0n) is 12.5. The summed E-state index contributed by atoms with van der Waals surface area (Å²) in [6, 6.07) is 6.54. The zero-order chi connectivity index (χ0) is 17.3. The van der Waals surface area contributed by atoms with E-state index in [1.54, 1.807) is 24.3 Å². The van der Waals surface area contributed by atoms with Gasteiger partial charge in [-0.3, -0.25) is 19.3 Å². The number of methoxy groups -OCH3 is 1. The Labute approximate surface area is 145 Å². The summed E-state index contributed by atoms with van der Waals surface area (Å²) in [5.74, 6) is -1.42. The SMILES string of the molecule is COC(=O)[C@H](CN1C(=O)c2ccccc2C1=O)Sc1nnc(N)s1. The Morgan fingerprint density at radius 1 is 1.29 bits per heavy atom. The van der Waals surface area contributed by atoms with Crippen LogP contribution in [0, 0.1) is 0 Å². The van der Waals surface area contributed by atoms with Gasteiger partial charge < -0.3 is 10.5 Å². The second-order valence-corrected chi connectivity index (χ2v) is 7.26. The van der Waals surface area contributed by atoms with E-state index in [1.807, 2.05) is 0 Å². The number of ether oxygens (including phenoxy) is 1.